The molecule has 3 nitrogen and oxygen atoms in total. The second kappa shape index (κ2) is 8.21. The molecule has 0 fully saturated rings. The highest BCUT2D eigenvalue weighted by Gasteiger charge is 2.23. The predicted octanol–water partition coefficient (Wildman–Crippen LogP) is 2.45. The van der Waals surface area contributed by atoms with Gasteiger partial charge in [-0.05, 0) is 27.7 Å². The van der Waals surface area contributed by atoms with Crippen LogP contribution in [0.3, 0.4) is 0 Å². The van der Waals surface area contributed by atoms with Crippen LogP contribution in [0.1, 0.15) is 34.6 Å². The van der Waals surface area contributed by atoms with Crippen LogP contribution in [-0.4, -0.2) is 32.2 Å². The molecule has 0 heterocycles. The average Bonchev–Trinajstić information content (AvgIpc) is 2.17. The summed E-state index contributed by atoms with van der Waals surface area (Å²) in [4.78, 5) is 0. The first-order chi connectivity index (χ1) is 6.67. The van der Waals surface area contributed by atoms with E-state index in [2.05, 4.69) is 13.8 Å². The highest BCUT2D eigenvalue weighted by molar-refractivity contribution is 4.65. The van der Waals surface area contributed by atoms with Gasteiger partial charge in [-0.15, -0.1) is 0 Å². The minimum absolute atomic E-state index is 0.147. The van der Waals surface area contributed by atoms with Gasteiger partial charge in [0.15, 0.2) is 6.29 Å². The van der Waals surface area contributed by atoms with Gasteiger partial charge in [-0.3, -0.25) is 0 Å². The Hall–Kier alpha value is -0.120. The lowest BCUT2D eigenvalue weighted by molar-refractivity contribution is -0.185. The molecule has 0 radical (unpaired) electrons. The predicted molar refractivity (Wildman–Crippen MR) is 57.3 cm³/mol. The van der Waals surface area contributed by atoms with Gasteiger partial charge >= 0.3 is 0 Å². The zero-order valence-corrected chi connectivity index (χ0v) is 10.1. The molecule has 0 N–H and O–H groups in total. The summed E-state index contributed by atoms with van der Waals surface area (Å²) in [5, 5.41) is 0. The summed E-state index contributed by atoms with van der Waals surface area (Å²) < 4.78 is 16.5. The van der Waals surface area contributed by atoms with E-state index in [1.54, 1.807) is 0 Å². The third kappa shape index (κ3) is 4.94. The standard InChI is InChI=1S/C11H24O3/c1-6-12-10(5)9(4)11(13-7-2)14-8-3/h9-11H,6-8H2,1-5H3/t9-,10+/m0/s1. The molecule has 0 aliphatic heterocycles. The lowest BCUT2D eigenvalue weighted by Crippen LogP contribution is -2.34. The Bertz CT molecular complexity index is 122. The van der Waals surface area contributed by atoms with Crippen LogP contribution in [0.15, 0.2) is 0 Å². The Balaban J connectivity index is 4.03. The molecule has 0 bridgehead atoms. The molecule has 0 aromatic carbocycles. The van der Waals surface area contributed by atoms with Crippen molar-refractivity contribution in [3.05, 3.63) is 0 Å². The van der Waals surface area contributed by atoms with Crippen LogP contribution < -0.4 is 0 Å². The van der Waals surface area contributed by atoms with E-state index in [0.29, 0.717) is 13.2 Å². The molecular weight excluding hydrogens is 180 g/mol. The van der Waals surface area contributed by atoms with E-state index in [0.717, 1.165) is 6.61 Å². The third-order valence-electron chi connectivity index (χ3n) is 2.26. The molecule has 0 aliphatic carbocycles. The van der Waals surface area contributed by atoms with Crippen LogP contribution in [0.25, 0.3) is 0 Å². The van der Waals surface area contributed by atoms with Gasteiger partial charge in [0.1, 0.15) is 0 Å². The fraction of sp³-hybridized carbons (Fsp3) is 1.00. The van der Waals surface area contributed by atoms with Crippen LogP contribution in [0.2, 0.25) is 0 Å². The normalized spacial score (nSPS) is 15.9. The van der Waals surface area contributed by atoms with Gasteiger partial charge in [-0.2, -0.15) is 0 Å². The minimum atomic E-state index is -0.147. The zero-order chi connectivity index (χ0) is 11.0. The summed E-state index contributed by atoms with van der Waals surface area (Å²) in [6.07, 6.45) is 0.0228. The second-order valence-electron chi connectivity index (χ2n) is 3.30. The van der Waals surface area contributed by atoms with Crippen molar-refractivity contribution in [1.29, 1.82) is 0 Å². The fourth-order valence-electron chi connectivity index (χ4n) is 1.32. The van der Waals surface area contributed by atoms with E-state index >= 15 is 0 Å². The van der Waals surface area contributed by atoms with Crippen molar-refractivity contribution in [2.24, 2.45) is 5.92 Å². The molecule has 0 aromatic heterocycles. The van der Waals surface area contributed by atoms with Gasteiger partial charge < -0.3 is 14.2 Å². The Morgan fingerprint density at radius 1 is 0.786 bits per heavy atom. The fourth-order valence-corrected chi connectivity index (χ4v) is 1.32. The van der Waals surface area contributed by atoms with Crippen molar-refractivity contribution in [1.82, 2.24) is 0 Å². The minimum Gasteiger partial charge on any atom is -0.378 e. The van der Waals surface area contributed by atoms with E-state index in [-0.39, 0.29) is 18.3 Å². The third-order valence-corrected chi connectivity index (χ3v) is 2.26. The first-order valence-electron chi connectivity index (χ1n) is 5.52. The maximum Gasteiger partial charge on any atom is 0.162 e. The molecule has 0 saturated carbocycles. The number of rotatable bonds is 8. The zero-order valence-electron chi connectivity index (χ0n) is 10.1. The van der Waals surface area contributed by atoms with Gasteiger partial charge in [0.05, 0.1) is 6.10 Å². The maximum absolute atomic E-state index is 5.52. The van der Waals surface area contributed by atoms with Crippen molar-refractivity contribution in [2.75, 3.05) is 19.8 Å². The summed E-state index contributed by atoms with van der Waals surface area (Å²) >= 11 is 0. The summed E-state index contributed by atoms with van der Waals surface area (Å²) in [5.41, 5.74) is 0. The Kier molecular flexibility index (Phi) is 8.14. The Morgan fingerprint density at radius 3 is 1.57 bits per heavy atom. The molecule has 0 spiro atoms. The summed E-state index contributed by atoms with van der Waals surface area (Å²) in [6.45, 7) is 12.2. The first kappa shape index (κ1) is 13.9. The van der Waals surface area contributed by atoms with Crippen LogP contribution in [0, 0.1) is 5.92 Å². The molecule has 3 heteroatoms. The van der Waals surface area contributed by atoms with Crippen LogP contribution in [-0.2, 0) is 14.2 Å². The summed E-state index contributed by atoms with van der Waals surface area (Å²) in [6, 6.07) is 0. The lowest BCUT2D eigenvalue weighted by atomic mass is 10.1. The highest BCUT2D eigenvalue weighted by Crippen LogP contribution is 2.16. The molecule has 0 aromatic rings. The summed E-state index contributed by atoms with van der Waals surface area (Å²) in [7, 11) is 0. The number of hydrogen-bond acceptors (Lipinski definition) is 3. The number of hydrogen-bond donors (Lipinski definition) is 0. The molecule has 0 unspecified atom stereocenters. The van der Waals surface area contributed by atoms with Crippen LogP contribution in [0.4, 0.5) is 0 Å². The molecular formula is C11H24O3. The molecule has 86 valence electrons. The molecule has 2 atom stereocenters. The van der Waals surface area contributed by atoms with Gasteiger partial charge in [0.2, 0.25) is 0 Å². The van der Waals surface area contributed by atoms with Gasteiger partial charge in [-0.25, -0.2) is 0 Å². The molecule has 0 aliphatic rings. The monoisotopic (exact) mass is 204 g/mol. The molecule has 0 amide bonds. The van der Waals surface area contributed by atoms with Crippen molar-refractivity contribution in [2.45, 2.75) is 47.0 Å². The topological polar surface area (TPSA) is 27.7 Å². The van der Waals surface area contributed by atoms with E-state index < -0.39 is 0 Å². The van der Waals surface area contributed by atoms with E-state index in [9.17, 15) is 0 Å². The van der Waals surface area contributed by atoms with Crippen molar-refractivity contribution in [3.8, 4) is 0 Å². The van der Waals surface area contributed by atoms with Crippen molar-refractivity contribution >= 4 is 0 Å². The van der Waals surface area contributed by atoms with Crippen LogP contribution >= 0.6 is 0 Å². The van der Waals surface area contributed by atoms with Crippen molar-refractivity contribution in [3.63, 3.8) is 0 Å². The van der Waals surface area contributed by atoms with Crippen LogP contribution in [0.5, 0.6) is 0 Å². The van der Waals surface area contributed by atoms with Gasteiger partial charge in [0.25, 0.3) is 0 Å². The van der Waals surface area contributed by atoms with E-state index in [1.165, 1.54) is 0 Å². The van der Waals surface area contributed by atoms with E-state index in [1.807, 2.05) is 20.8 Å². The SMILES string of the molecule is CCOC(OCC)[C@@H](C)[C@@H](C)OCC. The largest absolute Gasteiger partial charge is 0.378 e. The Morgan fingerprint density at radius 2 is 1.21 bits per heavy atom. The summed E-state index contributed by atoms with van der Waals surface area (Å²) in [5.74, 6) is 0.259. The van der Waals surface area contributed by atoms with E-state index in [4.69, 9.17) is 14.2 Å². The molecule has 0 rings (SSSR count). The molecule has 0 saturated heterocycles. The van der Waals surface area contributed by atoms with Gasteiger partial charge in [-0.1, -0.05) is 6.92 Å². The Labute approximate surface area is 87.7 Å². The number of ether oxygens (including phenoxy) is 3. The maximum atomic E-state index is 5.52. The van der Waals surface area contributed by atoms with Gasteiger partial charge in [0, 0.05) is 25.7 Å². The molecule has 14 heavy (non-hydrogen) atoms. The highest BCUT2D eigenvalue weighted by atomic mass is 16.7. The second-order valence-corrected chi connectivity index (χ2v) is 3.30. The average molecular weight is 204 g/mol. The quantitative estimate of drug-likeness (QED) is 0.568. The first-order valence-corrected chi connectivity index (χ1v) is 5.52. The smallest absolute Gasteiger partial charge is 0.162 e. The van der Waals surface area contributed by atoms with Crippen molar-refractivity contribution < 1.29 is 14.2 Å². The lowest BCUT2D eigenvalue weighted by Gasteiger charge is -2.28.